The van der Waals surface area contributed by atoms with Crippen molar-refractivity contribution in [2.24, 2.45) is 0 Å². The molecule has 0 bridgehead atoms. The Morgan fingerprint density at radius 2 is 1.15 bits per heavy atom. The minimum absolute atomic E-state index is 0.00207. The van der Waals surface area contributed by atoms with Gasteiger partial charge in [-0.2, -0.15) is 0 Å². The molecule has 0 aliphatic heterocycles. The zero-order valence-corrected chi connectivity index (χ0v) is 32.4. The third-order valence-electron chi connectivity index (χ3n) is 12.5. The van der Waals surface area contributed by atoms with Crippen LogP contribution in [0.3, 0.4) is 0 Å². The fourth-order valence-corrected chi connectivity index (χ4v) is 9.74. The van der Waals surface area contributed by atoms with Crippen LogP contribution >= 0.6 is 0 Å². The van der Waals surface area contributed by atoms with E-state index < -0.39 is 0 Å². The molecule has 2 aliphatic rings. The maximum absolute atomic E-state index is 2.76. The predicted octanol–water partition coefficient (Wildman–Crippen LogP) is 14.6. The van der Waals surface area contributed by atoms with Crippen LogP contribution in [0.1, 0.15) is 88.5 Å². The Kier molecular flexibility index (Phi) is 8.57. The number of benzene rings is 7. The molecule has 0 aromatic heterocycles. The summed E-state index contributed by atoms with van der Waals surface area (Å²) in [5, 5.41) is 2.57. The quantitative estimate of drug-likeness (QED) is 0.167. The normalized spacial score (nSPS) is 17.6. The highest BCUT2D eigenvalue weighted by Crippen LogP contribution is 2.54. The van der Waals surface area contributed by atoms with Crippen molar-refractivity contribution in [2.45, 2.75) is 83.1 Å². The first kappa shape index (κ1) is 34.4. The molecule has 268 valence electrons. The average Bonchev–Trinajstić information content (AvgIpc) is 3.44. The van der Waals surface area contributed by atoms with E-state index in [1.54, 1.807) is 0 Å². The molecule has 0 radical (unpaired) electrons. The van der Waals surface area contributed by atoms with E-state index in [0.29, 0.717) is 12.0 Å². The Morgan fingerprint density at radius 1 is 0.519 bits per heavy atom. The summed E-state index contributed by atoms with van der Waals surface area (Å²) in [7, 11) is 0. The molecule has 1 fully saturated rings. The van der Waals surface area contributed by atoms with Crippen LogP contribution in [-0.4, -0.2) is 6.04 Å². The fourth-order valence-electron chi connectivity index (χ4n) is 9.74. The van der Waals surface area contributed by atoms with Gasteiger partial charge in [0, 0.05) is 28.4 Å². The highest BCUT2D eigenvalue weighted by atomic mass is 15.2. The Labute approximate surface area is 322 Å². The zero-order chi connectivity index (χ0) is 37.0. The van der Waals surface area contributed by atoms with Crippen LogP contribution in [0.25, 0.3) is 44.2 Å². The Morgan fingerprint density at radius 3 is 1.87 bits per heavy atom. The molecule has 1 heteroatoms. The minimum Gasteiger partial charge on any atom is -0.338 e. The van der Waals surface area contributed by atoms with Gasteiger partial charge < -0.3 is 4.90 Å². The highest BCUT2D eigenvalue weighted by Gasteiger charge is 2.38. The predicted molar refractivity (Wildman–Crippen MR) is 231 cm³/mol. The molecule has 0 amide bonds. The van der Waals surface area contributed by atoms with Gasteiger partial charge in [-0.25, -0.2) is 0 Å². The second-order valence-electron chi connectivity index (χ2n) is 17.2. The third kappa shape index (κ3) is 5.95. The molecule has 0 heterocycles. The summed E-state index contributed by atoms with van der Waals surface area (Å²) in [6, 6.07) is 59.8. The fraction of sp³-hybridized carbons (Fsp3) is 0.245. The van der Waals surface area contributed by atoms with Crippen molar-refractivity contribution in [3.05, 3.63) is 180 Å². The van der Waals surface area contributed by atoms with Gasteiger partial charge in [0.25, 0.3) is 0 Å². The van der Waals surface area contributed by atoms with Gasteiger partial charge in [-0.3, -0.25) is 0 Å². The van der Waals surface area contributed by atoms with Gasteiger partial charge in [-0.05, 0) is 122 Å². The molecule has 7 aromatic carbocycles. The van der Waals surface area contributed by atoms with E-state index in [1.807, 2.05) is 0 Å². The van der Waals surface area contributed by atoms with Gasteiger partial charge in [-0.15, -0.1) is 0 Å². The Hall–Kier alpha value is -5.40. The first-order valence-electron chi connectivity index (χ1n) is 20.0. The third-order valence-corrected chi connectivity index (χ3v) is 12.5. The SMILES string of the molecule is CC(C)(C)c1ccccc1-c1cc2ccccc2cc1N(c1ccc2c(c1)C(C)(C)c1cccc(-c3ccccc3)c1-2)C1CCC(c2ccccc2)CC1. The number of rotatable bonds is 6. The van der Waals surface area contributed by atoms with E-state index in [4.69, 9.17) is 0 Å². The van der Waals surface area contributed by atoms with Crippen molar-refractivity contribution >= 4 is 22.1 Å². The van der Waals surface area contributed by atoms with Crippen molar-refractivity contribution in [1.29, 1.82) is 0 Å². The minimum atomic E-state index is -0.132. The first-order chi connectivity index (χ1) is 26.2. The lowest BCUT2D eigenvalue weighted by molar-refractivity contribution is 0.392. The van der Waals surface area contributed by atoms with E-state index in [1.165, 1.54) is 90.6 Å². The molecule has 1 saturated carbocycles. The largest absolute Gasteiger partial charge is 0.338 e. The first-order valence-corrected chi connectivity index (χ1v) is 20.0. The maximum atomic E-state index is 2.76. The smallest absolute Gasteiger partial charge is 0.0499 e. The molecular weight excluding hydrogens is 651 g/mol. The van der Waals surface area contributed by atoms with Crippen molar-refractivity contribution < 1.29 is 0 Å². The topological polar surface area (TPSA) is 3.24 Å². The summed E-state index contributed by atoms with van der Waals surface area (Å²) in [5.74, 6) is 0.604. The molecule has 0 spiro atoms. The molecule has 7 aromatic rings. The standard InChI is InChI=1S/C53H51N/c1-52(2,3)47-25-15-14-23-44(47)46-33-39-21-12-13-22-40(39)34-50(46)54(41-29-27-37(28-30-41)36-17-8-6-9-18-36)42-31-32-45-49(35-42)53(4,5)48-26-16-24-43(51(45)48)38-19-10-7-11-20-38/h6-26,31-35,37,41H,27-30H2,1-5H3. The van der Waals surface area contributed by atoms with Crippen molar-refractivity contribution in [3.8, 4) is 33.4 Å². The number of anilines is 2. The lowest BCUT2D eigenvalue weighted by Crippen LogP contribution is -2.35. The summed E-state index contributed by atoms with van der Waals surface area (Å²) < 4.78 is 0. The summed E-state index contributed by atoms with van der Waals surface area (Å²) in [5.41, 5.74) is 16.2. The Balaban J connectivity index is 1.24. The molecule has 2 aliphatic carbocycles. The highest BCUT2D eigenvalue weighted by molar-refractivity contribution is 5.98. The van der Waals surface area contributed by atoms with E-state index in [2.05, 4.69) is 197 Å². The summed E-state index contributed by atoms with van der Waals surface area (Å²) in [6.45, 7) is 11.9. The van der Waals surface area contributed by atoms with Gasteiger partial charge in [0.1, 0.15) is 0 Å². The van der Waals surface area contributed by atoms with E-state index in [0.717, 1.165) is 12.8 Å². The van der Waals surface area contributed by atoms with Gasteiger partial charge >= 0.3 is 0 Å². The van der Waals surface area contributed by atoms with Gasteiger partial charge in [0.05, 0.1) is 0 Å². The van der Waals surface area contributed by atoms with Gasteiger partial charge in [0.2, 0.25) is 0 Å². The van der Waals surface area contributed by atoms with Crippen LogP contribution in [0.4, 0.5) is 11.4 Å². The molecule has 1 nitrogen and oxygen atoms in total. The molecule has 0 unspecified atom stereocenters. The van der Waals surface area contributed by atoms with Gasteiger partial charge in [-0.1, -0.05) is 168 Å². The molecule has 9 rings (SSSR count). The maximum Gasteiger partial charge on any atom is 0.0499 e. The molecule has 54 heavy (non-hydrogen) atoms. The summed E-state index contributed by atoms with van der Waals surface area (Å²) in [4.78, 5) is 2.76. The average molecular weight is 702 g/mol. The zero-order valence-electron chi connectivity index (χ0n) is 32.4. The van der Waals surface area contributed by atoms with Crippen molar-refractivity contribution in [3.63, 3.8) is 0 Å². The summed E-state index contributed by atoms with van der Waals surface area (Å²) >= 11 is 0. The van der Waals surface area contributed by atoms with Crippen LogP contribution in [0.2, 0.25) is 0 Å². The number of fused-ring (bicyclic) bond motifs is 4. The molecule has 0 saturated heterocycles. The second kappa shape index (κ2) is 13.5. The molecule has 0 atom stereocenters. The lowest BCUT2D eigenvalue weighted by Gasteiger charge is -2.40. The number of hydrogen-bond donors (Lipinski definition) is 0. The van der Waals surface area contributed by atoms with Crippen LogP contribution in [0.5, 0.6) is 0 Å². The van der Waals surface area contributed by atoms with Crippen LogP contribution in [0.15, 0.2) is 158 Å². The van der Waals surface area contributed by atoms with E-state index in [-0.39, 0.29) is 10.8 Å². The lowest BCUT2D eigenvalue weighted by atomic mass is 9.79. The van der Waals surface area contributed by atoms with Crippen LogP contribution < -0.4 is 4.90 Å². The monoisotopic (exact) mass is 701 g/mol. The molecule has 0 N–H and O–H groups in total. The number of nitrogens with zero attached hydrogens (tertiary/aromatic N) is 1. The van der Waals surface area contributed by atoms with Crippen LogP contribution in [0, 0.1) is 0 Å². The summed E-state index contributed by atoms with van der Waals surface area (Å²) in [6.07, 6.45) is 4.67. The van der Waals surface area contributed by atoms with Crippen LogP contribution in [-0.2, 0) is 10.8 Å². The van der Waals surface area contributed by atoms with E-state index >= 15 is 0 Å². The van der Waals surface area contributed by atoms with Crippen molar-refractivity contribution in [1.82, 2.24) is 0 Å². The number of hydrogen-bond acceptors (Lipinski definition) is 1. The Bertz CT molecular complexity index is 2460. The van der Waals surface area contributed by atoms with Crippen molar-refractivity contribution in [2.75, 3.05) is 4.90 Å². The van der Waals surface area contributed by atoms with Gasteiger partial charge in [0.15, 0.2) is 0 Å². The second-order valence-corrected chi connectivity index (χ2v) is 17.2. The van der Waals surface area contributed by atoms with E-state index in [9.17, 15) is 0 Å². The molecular formula is C53H51N.